The van der Waals surface area contributed by atoms with Gasteiger partial charge in [0.15, 0.2) is 9.84 Å². The lowest BCUT2D eigenvalue weighted by Crippen LogP contribution is -2.49. The zero-order chi connectivity index (χ0) is 16.9. The van der Waals surface area contributed by atoms with E-state index < -0.39 is 9.84 Å². The molecule has 2 fully saturated rings. The number of piperidine rings is 1. The Morgan fingerprint density at radius 3 is 2.52 bits per heavy atom. The molecule has 0 bridgehead atoms. The molecule has 0 saturated carbocycles. The summed E-state index contributed by atoms with van der Waals surface area (Å²) in [5.41, 5.74) is 0. The molecule has 23 heavy (non-hydrogen) atoms. The van der Waals surface area contributed by atoms with E-state index in [1.807, 2.05) is 0 Å². The second-order valence-corrected chi connectivity index (χ2v) is 8.77. The van der Waals surface area contributed by atoms with Gasteiger partial charge in [0, 0.05) is 26.3 Å². The predicted octanol–water partition coefficient (Wildman–Crippen LogP) is -0.647. The smallest absolute Gasteiger partial charge is 0.237 e. The van der Waals surface area contributed by atoms with Crippen LogP contribution in [0.4, 0.5) is 0 Å². The van der Waals surface area contributed by atoms with Gasteiger partial charge in [-0.05, 0) is 38.3 Å². The Morgan fingerprint density at radius 2 is 2.00 bits per heavy atom. The topological polar surface area (TPSA) is 87.2 Å². The number of carbonyl (C=O) groups is 1. The minimum atomic E-state index is -3.02. The van der Waals surface area contributed by atoms with Crippen LogP contribution in [0, 0.1) is 5.92 Å². The van der Waals surface area contributed by atoms with Crippen LogP contribution in [0.2, 0.25) is 0 Å². The molecule has 2 rings (SSSR count). The van der Waals surface area contributed by atoms with Gasteiger partial charge in [-0.15, -0.1) is 0 Å². The van der Waals surface area contributed by atoms with E-state index >= 15 is 0 Å². The molecular weight excluding hydrogens is 320 g/mol. The summed E-state index contributed by atoms with van der Waals surface area (Å²) in [6.07, 6.45) is 2.32. The lowest BCUT2D eigenvalue weighted by Gasteiger charge is -2.34. The molecule has 2 aliphatic rings. The van der Waals surface area contributed by atoms with Crippen molar-refractivity contribution in [1.29, 1.82) is 0 Å². The van der Waals surface area contributed by atoms with E-state index in [0.29, 0.717) is 32.0 Å². The van der Waals surface area contributed by atoms with Crippen molar-refractivity contribution in [3.05, 3.63) is 0 Å². The van der Waals surface area contributed by atoms with E-state index in [-0.39, 0.29) is 30.1 Å². The second kappa shape index (κ2) is 8.41. The molecule has 0 spiro atoms. The Bertz CT molecular complexity index is 488. The summed E-state index contributed by atoms with van der Waals surface area (Å²) in [5, 5.41) is 9.17. The van der Waals surface area contributed by atoms with Crippen LogP contribution in [0.5, 0.6) is 0 Å². The molecule has 0 radical (unpaired) electrons. The minimum absolute atomic E-state index is 0.0217. The number of aliphatic hydroxyl groups excluding tert-OH is 1. The maximum Gasteiger partial charge on any atom is 0.237 e. The highest BCUT2D eigenvalue weighted by Crippen LogP contribution is 2.20. The number of nitrogens with zero attached hydrogens (tertiary/aromatic N) is 2. The standard InChI is InChI=1S/C15H28N2O5S/c1-22-8-7-17(14-4-9-23(20,21)12-14)15(19)10-16-5-2-13(11-18)3-6-16/h13-14,18H,2-12H2,1H3. The van der Waals surface area contributed by atoms with Gasteiger partial charge < -0.3 is 14.7 Å². The lowest BCUT2D eigenvalue weighted by molar-refractivity contribution is -0.135. The molecule has 1 atom stereocenters. The van der Waals surface area contributed by atoms with Gasteiger partial charge in [0.25, 0.3) is 0 Å². The SMILES string of the molecule is COCCN(C(=O)CN1CCC(CO)CC1)C1CCS(=O)(=O)C1. The van der Waals surface area contributed by atoms with E-state index in [2.05, 4.69) is 4.90 Å². The van der Waals surface area contributed by atoms with Crippen LogP contribution in [-0.4, -0.2) is 93.3 Å². The highest BCUT2D eigenvalue weighted by molar-refractivity contribution is 7.91. The Hall–Kier alpha value is -0.700. The van der Waals surface area contributed by atoms with Crippen LogP contribution < -0.4 is 0 Å². The maximum absolute atomic E-state index is 12.7. The summed E-state index contributed by atoms with van der Waals surface area (Å²) in [5.74, 6) is 0.545. The molecule has 0 aromatic rings. The van der Waals surface area contributed by atoms with Crippen molar-refractivity contribution in [2.75, 3.05) is 58.0 Å². The zero-order valence-electron chi connectivity index (χ0n) is 13.8. The fraction of sp³-hybridized carbons (Fsp3) is 0.933. The van der Waals surface area contributed by atoms with Crippen LogP contribution in [0.3, 0.4) is 0 Å². The summed E-state index contributed by atoms with van der Waals surface area (Å²) in [7, 11) is -1.44. The van der Waals surface area contributed by atoms with Gasteiger partial charge in [-0.25, -0.2) is 8.42 Å². The highest BCUT2D eigenvalue weighted by Gasteiger charge is 2.35. The number of rotatable bonds is 7. The molecular formula is C15H28N2O5S. The first-order chi connectivity index (χ1) is 10.9. The molecule has 1 amide bonds. The molecule has 0 aromatic carbocycles. The van der Waals surface area contributed by atoms with E-state index in [4.69, 9.17) is 4.74 Å². The van der Waals surface area contributed by atoms with Crippen LogP contribution in [0.25, 0.3) is 0 Å². The average molecular weight is 348 g/mol. The van der Waals surface area contributed by atoms with Crippen LogP contribution in [-0.2, 0) is 19.4 Å². The average Bonchev–Trinajstić information content (AvgIpc) is 2.88. The number of ether oxygens (including phenoxy) is 1. The number of carbonyl (C=O) groups excluding carboxylic acids is 1. The Balaban J connectivity index is 1.91. The van der Waals surface area contributed by atoms with Gasteiger partial charge in [0.1, 0.15) is 0 Å². The van der Waals surface area contributed by atoms with Gasteiger partial charge in [-0.1, -0.05) is 0 Å². The first-order valence-corrected chi connectivity index (χ1v) is 10.1. The van der Waals surface area contributed by atoms with Crippen molar-refractivity contribution in [2.24, 2.45) is 5.92 Å². The van der Waals surface area contributed by atoms with Crippen LogP contribution >= 0.6 is 0 Å². The van der Waals surface area contributed by atoms with Gasteiger partial charge in [-0.3, -0.25) is 9.69 Å². The Morgan fingerprint density at radius 1 is 1.30 bits per heavy atom. The van der Waals surface area contributed by atoms with E-state index in [1.165, 1.54) is 0 Å². The fourth-order valence-corrected chi connectivity index (χ4v) is 5.06. The number of amides is 1. The molecule has 8 heteroatoms. The van der Waals surface area contributed by atoms with Crippen molar-refractivity contribution in [2.45, 2.75) is 25.3 Å². The van der Waals surface area contributed by atoms with Gasteiger partial charge >= 0.3 is 0 Å². The molecule has 2 aliphatic heterocycles. The third kappa shape index (κ3) is 5.41. The Kier molecular flexibility index (Phi) is 6.82. The first kappa shape index (κ1) is 18.6. The largest absolute Gasteiger partial charge is 0.396 e. The van der Waals surface area contributed by atoms with E-state index in [0.717, 1.165) is 25.9 Å². The second-order valence-electron chi connectivity index (χ2n) is 6.54. The molecule has 0 aromatic heterocycles. The summed E-state index contributed by atoms with van der Waals surface area (Å²) in [6, 6.07) is -0.224. The Labute approximate surface area is 138 Å². The van der Waals surface area contributed by atoms with Crippen LogP contribution in [0.15, 0.2) is 0 Å². The first-order valence-electron chi connectivity index (χ1n) is 8.27. The number of sulfone groups is 1. The molecule has 7 nitrogen and oxygen atoms in total. The summed E-state index contributed by atoms with van der Waals surface area (Å²) in [4.78, 5) is 16.4. The van der Waals surface area contributed by atoms with Crippen molar-refractivity contribution in [3.8, 4) is 0 Å². The number of hydrogen-bond donors (Lipinski definition) is 1. The number of aliphatic hydroxyl groups is 1. The van der Waals surface area contributed by atoms with Gasteiger partial charge in [0.2, 0.25) is 5.91 Å². The number of likely N-dealkylation sites (tertiary alicyclic amines) is 1. The molecule has 1 N–H and O–H groups in total. The number of hydrogen-bond acceptors (Lipinski definition) is 6. The molecule has 2 saturated heterocycles. The third-order valence-corrected chi connectivity index (χ3v) is 6.58. The van der Waals surface area contributed by atoms with E-state index in [1.54, 1.807) is 12.0 Å². The van der Waals surface area contributed by atoms with Crippen molar-refractivity contribution < 1.29 is 23.1 Å². The van der Waals surface area contributed by atoms with Crippen molar-refractivity contribution >= 4 is 15.7 Å². The highest BCUT2D eigenvalue weighted by atomic mass is 32.2. The molecule has 0 aliphatic carbocycles. The molecule has 2 heterocycles. The monoisotopic (exact) mass is 348 g/mol. The predicted molar refractivity (Wildman–Crippen MR) is 86.9 cm³/mol. The van der Waals surface area contributed by atoms with Crippen molar-refractivity contribution in [3.63, 3.8) is 0 Å². The minimum Gasteiger partial charge on any atom is -0.396 e. The number of methoxy groups -OCH3 is 1. The summed E-state index contributed by atoms with van der Waals surface area (Å²) >= 11 is 0. The zero-order valence-corrected chi connectivity index (χ0v) is 14.6. The summed E-state index contributed by atoms with van der Waals surface area (Å²) < 4.78 is 28.5. The molecule has 1 unspecified atom stereocenters. The van der Waals surface area contributed by atoms with Crippen molar-refractivity contribution in [1.82, 2.24) is 9.80 Å². The van der Waals surface area contributed by atoms with Gasteiger partial charge in [-0.2, -0.15) is 0 Å². The lowest BCUT2D eigenvalue weighted by atomic mass is 9.98. The summed E-state index contributed by atoms with van der Waals surface area (Å²) in [6.45, 7) is 2.98. The van der Waals surface area contributed by atoms with Gasteiger partial charge in [0.05, 0.1) is 24.7 Å². The quantitative estimate of drug-likeness (QED) is 0.658. The maximum atomic E-state index is 12.7. The normalized spacial score (nSPS) is 25.6. The third-order valence-electron chi connectivity index (χ3n) is 4.83. The van der Waals surface area contributed by atoms with Crippen LogP contribution in [0.1, 0.15) is 19.3 Å². The fourth-order valence-electron chi connectivity index (χ4n) is 3.33. The van der Waals surface area contributed by atoms with E-state index in [9.17, 15) is 18.3 Å². The molecule has 134 valence electrons.